The maximum atomic E-state index is 11.0. The van der Waals surface area contributed by atoms with Crippen LogP contribution in [0.2, 0.25) is 0 Å². The Kier molecular flexibility index (Phi) is 5.12. The van der Waals surface area contributed by atoms with Gasteiger partial charge in [0.15, 0.2) is 0 Å². The number of carbonyl (C=O) groups is 1. The molecule has 1 aromatic carbocycles. The van der Waals surface area contributed by atoms with Crippen LogP contribution in [-0.2, 0) is 9.53 Å². The molecule has 0 bridgehead atoms. The van der Waals surface area contributed by atoms with Crippen molar-refractivity contribution in [3.05, 3.63) is 48.2 Å². The second kappa shape index (κ2) is 6.67. The van der Waals surface area contributed by atoms with Gasteiger partial charge in [-0.3, -0.25) is 0 Å². The third-order valence-electron chi connectivity index (χ3n) is 2.15. The zero-order valence-corrected chi connectivity index (χ0v) is 9.64. The molecule has 1 atom stereocenters. The first-order valence-corrected chi connectivity index (χ1v) is 5.38. The highest BCUT2D eigenvalue weighted by molar-refractivity contribution is 5.81. The number of esters is 1. The molecule has 1 unspecified atom stereocenters. The second-order valence-corrected chi connectivity index (χ2v) is 3.38. The van der Waals surface area contributed by atoms with Crippen LogP contribution < -0.4 is 5.32 Å². The summed E-state index contributed by atoms with van der Waals surface area (Å²) in [4.78, 5) is 11.0. The van der Waals surface area contributed by atoms with Gasteiger partial charge in [-0.25, -0.2) is 4.79 Å². The van der Waals surface area contributed by atoms with E-state index in [-0.39, 0.29) is 12.0 Å². The topological polar surface area (TPSA) is 38.3 Å². The van der Waals surface area contributed by atoms with Gasteiger partial charge in [-0.2, -0.15) is 0 Å². The van der Waals surface area contributed by atoms with Crippen LogP contribution in [0.1, 0.15) is 25.5 Å². The lowest BCUT2D eigenvalue weighted by Crippen LogP contribution is -2.12. The van der Waals surface area contributed by atoms with Crippen molar-refractivity contribution in [1.29, 1.82) is 0 Å². The lowest BCUT2D eigenvalue weighted by molar-refractivity contribution is -0.137. The third kappa shape index (κ3) is 4.17. The molecule has 0 saturated carbocycles. The average Bonchev–Trinajstić information content (AvgIpc) is 2.30. The first kappa shape index (κ1) is 12.3. The lowest BCUT2D eigenvalue weighted by atomic mass is 10.1. The first-order valence-electron chi connectivity index (χ1n) is 5.38. The summed E-state index contributed by atoms with van der Waals surface area (Å²) < 4.78 is 4.76. The predicted octanol–water partition coefficient (Wildman–Crippen LogP) is 2.41. The number of ether oxygens (including phenoxy) is 1. The molecule has 1 rings (SSSR count). The maximum Gasteiger partial charge on any atom is 0.332 e. The molecular formula is C13H17NO2. The van der Waals surface area contributed by atoms with Crippen molar-refractivity contribution in [3.8, 4) is 0 Å². The van der Waals surface area contributed by atoms with Gasteiger partial charge in [0.05, 0.1) is 6.61 Å². The highest BCUT2D eigenvalue weighted by Crippen LogP contribution is 2.10. The van der Waals surface area contributed by atoms with Crippen molar-refractivity contribution in [1.82, 2.24) is 5.32 Å². The minimum atomic E-state index is -0.324. The zero-order valence-electron chi connectivity index (χ0n) is 9.64. The van der Waals surface area contributed by atoms with Crippen molar-refractivity contribution < 1.29 is 9.53 Å². The van der Waals surface area contributed by atoms with E-state index in [0.29, 0.717) is 6.61 Å². The number of benzene rings is 1. The molecule has 0 aliphatic heterocycles. The van der Waals surface area contributed by atoms with Gasteiger partial charge in [0.25, 0.3) is 0 Å². The summed E-state index contributed by atoms with van der Waals surface area (Å²) in [5, 5.41) is 3.11. The van der Waals surface area contributed by atoms with E-state index in [4.69, 9.17) is 4.74 Å². The lowest BCUT2D eigenvalue weighted by Gasteiger charge is -2.11. The van der Waals surface area contributed by atoms with E-state index < -0.39 is 0 Å². The van der Waals surface area contributed by atoms with E-state index in [1.54, 1.807) is 13.1 Å². The van der Waals surface area contributed by atoms with E-state index >= 15 is 0 Å². The summed E-state index contributed by atoms with van der Waals surface area (Å²) in [6.45, 7) is 4.22. The molecule has 86 valence electrons. The second-order valence-electron chi connectivity index (χ2n) is 3.38. The van der Waals surface area contributed by atoms with Gasteiger partial charge in [0, 0.05) is 18.3 Å². The van der Waals surface area contributed by atoms with Crippen molar-refractivity contribution in [2.45, 2.75) is 19.9 Å². The molecule has 0 spiro atoms. The summed E-state index contributed by atoms with van der Waals surface area (Å²) in [7, 11) is 0. The molecule has 0 aliphatic rings. The van der Waals surface area contributed by atoms with Crippen LogP contribution in [0.25, 0.3) is 0 Å². The van der Waals surface area contributed by atoms with Crippen LogP contribution in [0.4, 0.5) is 0 Å². The molecule has 1 aromatic rings. The molecule has 0 radical (unpaired) electrons. The van der Waals surface area contributed by atoms with Gasteiger partial charge in [-0.1, -0.05) is 30.3 Å². The van der Waals surface area contributed by atoms with Crippen LogP contribution in [-0.4, -0.2) is 12.6 Å². The predicted molar refractivity (Wildman–Crippen MR) is 63.8 cm³/mol. The molecule has 0 amide bonds. The quantitative estimate of drug-likeness (QED) is 0.610. The summed E-state index contributed by atoms with van der Waals surface area (Å²) in [5.41, 5.74) is 1.18. The van der Waals surface area contributed by atoms with Crippen molar-refractivity contribution in [3.63, 3.8) is 0 Å². The molecule has 0 saturated heterocycles. The Bertz CT molecular complexity index is 346. The Morgan fingerprint density at radius 1 is 1.44 bits per heavy atom. The van der Waals surface area contributed by atoms with Gasteiger partial charge in [0.2, 0.25) is 0 Å². The standard InChI is InChI=1S/C13H17NO2/c1-3-16-13(15)9-10-14-11(2)12-7-5-4-6-8-12/h4-11,14H,3H2,1-2H3/b10-9+. The van der Waals surface area contributed by atoms with Gasteiger partial charge >= 0.3 is 5.97 Å². The number of carbonyl (C=O) groups excluding carboxylic acids is 1. The van der Waals surface area contributed by atoms with E-state index in [1.807, 2.05) is 37.3 Å². The Morgan fingerprint density at radius 3 is 2.75 bits per heavy atom. The fourth-order valence-corrected chi connectivity index (χ4v) is 1.29. The van der Waals surface area contributed by atoms with Crippen molar-refractivity contribution >= 4 is 5.97 Å². The molecule has 16 heavy (non-hydrogen) atoms. The van der Waals surface area contributed by atoms with Crippen LogP contribution in [0, 0.1) is 0 Å². The van der Waals surface area contributed by atoms with E-state index in [2.05, 4.69) is 5.32 Å². The number of nitrogens with one attached hydrogen (secondary N) is 1. The number of rotatable bonds is 5. The van der Waals surface area contributed by atoms with Crippen LogP contribution >= 0.6 is 0 Å². The largest absolute Gasteiger partial charge is 0.463 e. The number of hydrogen-bond acceptors (Lipinski definition) is 3. The van der Waals surface area contributed by atoms with Gasteiger partial charge in [0.1, 0.15) is 0 Å². The molecule has 1 N–H and O–H groups in total. The van der Waals surface area contributed by atoms with Gasteiger partial charge in [-0.05, 0) is 19.4 Å². The third-order valence-corrected chi connectivity index (χ3v) is 2.15. The fraction of sp³-hybridized carbons (Fsp3) is 0.308. The van der Waals surface area contributed by atoms with Crippen molar-refractivity contribution in [2.75, 3.05) is 6.61 Å². The van der Waals surface area contributed by atoms with Crippen LogP contribution in [0.3, 0.4) is 0 Å². The summed E-state index contributed by atoms with van der Waals surface area (Å²) in [6.07, 6.45) is 3.01. The Labute approximate surface area is 96.1 Å². The highest BCUT2D eigenvalue weighted by Gasteiger charge is 2.00. The Morgan fingerprint density at radius 2 is 2.12 bits per heavy atom. The SMILES string of the molecule is CCOC(=O)/C=C/NC(C)c1ccccc1. The van der Waals surface area contributed by atoms with Gasteiger partial charge in [-0.15, -0.1) is 0 Å². The molecule has 0 fully saturated rings. The first-order chi connectivity index (χ1) is 7.74. The van der Waals surface area contributed by atoms with E-state index in [0.717, 1.165) is 0 Å². The molecule has 0 aliphatic carbocycles. The van der Waals surface area contributed by atoms with E-state index in [1.165, 1.54) is 11.6 Å². The normalized spacial score (nSPS) is 12.4. The van der Waals surface area contributed by atoms with Crippen LogP contribution in [0.5, 0.6) is 0 Å². The highest BCUT2D eigenvalue weighted by atomic mass is 16.5. The summed E-state index contributed by atoms with van der Waals surface area (Å²) >= 11 is 0. The Balaban J connectivity index is 2.41. The minimum Gasteiger partial charge on any atom is -0.463 e. The number of hydrogen-bond donors (Lipinski definition) is 1. The van der Waals surface area contributed by atoms with Gasteiger partial charge < -0.3 is 10.1 Å². The van der Waals surface area contributed by atoms with E-state index in [9.17, 15) is 4.79 Å². The van der Waals surface area contributed by atoms with Crippen LogP contribution in [0.15, 0.2) is 42.6 Å². The minimum absolute atomic E-state index is 0.173. The summed E-state index contributed by atoms with van der Waals surface area (Å²) in [5.74, 6) is -0.324. The summed E-state index contributed by atoms with van der Waals surface area (Å²) in [6, 6.07) is 10.2. The van der Waals surface area contributed by atoms with Crippen molar-refractivity contribution in [2.24, 2.45) is 0 Å². The molecular weight excluding hydrogens is 202 g/mol. The fourth-order valence-electron chi connectivity index (χ4n) is 1.29. The molecule has 3 heteroatoms. The Hall–Kier alpha value is -1.77. The average molecular weight is 219 g/mol. The molecule has 3 nitrogen and oxygen atoms in total. The molecule has 0 heterocycles. The smallest absolute Gasteiger partial charge is 0.332 e. The monoisotopic (exact) mass is 219 g/mol. The molecule has 0 aromatic heterocycles. The zero-order chi connectivity index (χ0) is 11.8. The maximum absolute atomic E-state index is 11.0.